The van der Waals surface area contributed by atoms with Crippen molar-refractivity contribution in [2.45, 2.75) is 6.92 Å². The number of hydrogen-bond acceptors (Lipinski definition) is 2. The first-order valence-corrected chi connectivity index (χ1v) is 6.84. The van der Waals surface area contributed by atoms with Crippen LogP contribution in [0, 0.1) is 12.7 Å². The Labute approximate surface area is 115 Å². The van der Waals surface area contributed by atoms with Crippen molar-refractivity contribution >= 4 is 21.4 Å². The molecule has 2 aromatic carbocycles. The van der Waals surface area contributed by atoms with Crippen LogP contribution in [0.25, 0.3) is 20.5 Å². The Morgan fingerprint density at radius 1 is 1.05 bits per heavy atom. The van der Waals surface area contributed by atoms with Crippen LogP contribution in [0.2, 0.25) is 0 Å². The van der Waals surface area contributed by atoms with Crippen LogP contribution in [-0.4, -0.2) is 7.11 Å². The fourth-order valence-electron chi connectivity index (χ4n) is 2.20. The zero-order valence-corrected chi connectivity index (χ0v) is 11.6. The second kappa shape index (κ2) is 4.67. The molecule has 96 valence electrons. The number of methoxy groups -OCH3 is 1. The smallest absolute Gasteiger partial charge is 0.123 e. The Morgan fingerprint density at radius 3 is 2.47 bits per heavy atom. The highest BCUT2D eigenvalue weighted by atomic mass is 32.1. The molecule has 3 rings (SSSR count). The normalized spacial score (nSPS) is 10.9. The van der Waals surface area contributed by atoms with Gasteiger partial charge < -0.3 is 4.74 Å². The highest BCUT2D eigenvalue weighted by Gasteiger charge is 2.11. The zero-order chi connectivity index (χ0) is 13.4. The molecule has 0 amide bonds. The van der Waals surface area contributed by atoms with Crippen LogP contribution in [0.5, 0.6) is 5.75 Å². The fraction of sp³-hybridized carbons (Fsp3) is 0.125. The molecule has 0 fully saturated rings. The van der Waals surface area contributed by atoms with Crippen molar-refractivity contribution in [3.05, 3.63) is 53.8 Å². The average Bonchev–Trinajstić information content (AvgIpc) is 2.76. The second-order valence-electron chi connectivity index (χ2n) is 4.43. The van der Waals surface area contributed by atoms with Gasteiger partial charge in [-0.1, -0.05) is 12.1 Å². The lowest BCUT2D eigenvalue weighted by Crippen LogP contribution is -1.81. The van der Waals surface area contributed by atoms with Gasteiger partial charge in [-0.2, -0.15) is 0 Å². The Kier molecular flexibility index (Phi) is 2.99. The van der Waals surface area contributed by atoms with E-state index in [0.29, 0.717) is 0 Å². The minimum atomic E-state index is -0.204. The molecule has 1 nitrogen and oxygen atoms in total. The van der Waals surface area contributed by atoms with E-state index in [0.717, 1.165) is 11.3 Å². The van der Waals surface area contributed by atoms with Crippen LogP contribution in [-0.2, 0) is 0 Å². The Balaban J connectivity index is 2.19. The molecule has 0 aliphatic carbocycles. The Morgan fingerprint density at radius 2 is 1.79 bits per heavy atom. The van der Waals surface area contributed by atoms with E-state index in [1.807, 2.05) is 24.3 Å². The van der Waals surface area contributed by atoms with E-state index in [-0.39, 0.29) is 5.82 Å². The number of fused-ring (bicyclic) bond motifs is 1. The summed E-state index contributed by atoms with van der Waals surface area (Å²) >= 11 is 1.72. The topological polar surface area (TPSA) is 9.23 Å². The maximum Gasteiger partial charge on any atom is 0.123 e. The molecule has 0 atom stereocenters. The first-order chi connectivity index (χ1) is 9.19. The highest BCUT2D eigenvalue weighted by Crippen LogP contribution is 2.39. The zero-order valence-electron chi connectivity index (χ0n) is 10.7. The molecule has 1 heterocycles. The maximum absolute atomic E-state index is 13.0. The summed E-state index contributed by atoms with van der Waals surface area (Å²) in [6.07, 6.45) is 0. The molecule has 0 radical (unpaired) electrons. The molecule has 0 aliphatic rings. The minimum absolute atomic E-state index is 0.204. The molecule has 0 aliphatic heterocycles. The summed E-state index contributed by atoms with van der Waals surface area (Å²) in [5.74, 6) is 0.656. The van der Waals surface area contributed by atoms with E-state index >= 15 is 0 Å². The van der Waals surface area contributed by atoms with E-state index < -0.39 is 0 Å². The predicted molar refractivity (Wildman–Crippen MR) is 78.5 cm³/mol. The van der Waals surface area contributed by atoms with Crippen LogP contribution in [0.3, 0.4) is 0 Å². The Hall–Kier alpha value is -1.87. The van der Waals surface area contributed by atoms with Crippen LogP contribution < -0.4 is 4.74 Å². The van der Waals surface area contributed by atoms with Gasteiger partial charge in [0.1, 0.15) is 11.6 Å². The summed E-state index contributed by atoms with van der Waals surface area (Å²) in [4.78, 5) is 1.18. The number of hydrogen-bond donors (Lipinski definition) is 0. The maximum atomic E-state index is 13.0. The van der Waals surface area contributed by atoms with Crippen molar-refractivity contribution in [2.24, 2.45) is 0 Å². The van der Waals surface area contributed by atoms with Gasteiger partial charge in [0.2, 0.25) is 0 Å². The van der Waals surface area contributed by atoms with Crippen molar-refractivity contribution in [3.63, 3.8) is 0 Å². The molecule has 0 spiro atoms. The largest absolute Gasteiger partial charge is 0.497 e. The molecule has 3 aromatic rings. The van der Waals surface area contributed by atoms with E-state index in [1.165, 1.54) is 32.7 Å². The van der Waals surface area contributed by atoms with Gasteiger partial charge in [-0.15, -0.1) is 11.3 Å². The number of aryl methyl sites for hydroxylation is 1. The summed E-state index contributed by atoms with van der Waals surface area (Å²) in [6.45, 7) is 2.09. The fourth-order valence-corrected chi connectivity index (χ4v) is 3.40. The first-order valence-electron chi connectivity index (χ1n) is 6.02. The molecular weight excluding hydrogens is 259 g/mol. The molecule has 1 aromatic heterocycles. The quantitative estimate of drug-likeness (QED) is 0.636. The van der Waals surface area contributed by atoms with E-state index in [4.69, 9.17) is 4.74 Å². The average molecular weight is 272 g/mol. The molecule has 0 saturated heterocycles. The van der Waals surface area contributed by atoms with E-state index in [2.05, 4.69) is 13.0 Å². The number of benzene rings is 2. The second-order valence-corrected chi connectivity index (χ2v) is 5.48. The van der Waals surface area contributed by atoms with Crippen molar-refractivity contribution in [1.29, 1.82) is 0 Å². The molecule has 3 heteroatoms. The lowest BCUT2D eigenvalue weighted by atomic mass is 10.1. The number of ether oxygens (including phenoxy) is 1. The van der Waals surface area contributed by atoms with Gasteiger partial charge in [0.25, 0.3) is 0 Å². The van der Waals surface area contributed by atoms with E-state index in [1.54, 1.807) is 18.4 Å². The number of halogens is 1. The van der Waals surface area contributed by atoms with Crippen molar-refractivity contribution in [2.75, 3.05) is 7.11 Å². The first kappa shape index (κ1) is 12.2. The predicted octanol–water partition coefficient (Wildman–Crippen LogP) is 5.02. The van der Waals surface area contributed by atoms with Gasteiger partial charge in [0, 0.05) is 9.58 Å². The lowest BCUT2D eigenvalue weighted by molar-refractivity contribution is 0.415. The van der Waals surface area contributed by atoms with Gasteiger partial charge in [-0.25, -0.2) is 4.39 Å². The molecule has 19 heavy (non-hydrogen) atoms. The van der Waals surface area contributed by atoms with Crippen LogP contribution >= 0.6 is 11.3 Å². The Bertz CT molecular complexity index is 728. The molecule has 0 bridgehead atoms. The number of thiophene rings is 1. The summed E-state index contributed by atoms with van der Waals surface area (Å²) in [7, 11) is 1.67. The third kappa shape index (κ3) is 2.10. The highest BCUT2D eigenvalue weighted by molar-refractivity contribution is 7.22. The van der Waals surface area contributed by atoms with Crippen LogP contribution in [0.15, 0.2) is 42.5 Å². The summed E-state index contributed by atoms with van der Waals surface area (Å²) < 4.78 is 19.5. The number of rotatable bonds is 2. The summed E-state index contributed by atoms with van der Waals surface area (Å²) in [5.41, 5.74) is 2.27. The third-order valence-corrected chi connectivity index (χ3v) is 4.57. The van der Waals surface area contributed by atoms with Crippen molar-refractivity contribution in [3.8, 4) is 16.2 Å². The van der Waals surface area contributed by atoms with Gasteiger partial charge >= 0.3 is 0 Å². The summed E-state index contributed by atoms with van der Waals surface area (Å²) in [5, 5.41) is 1.20. The third-order valence-electron chi connectivity index (χ3n) is 3.25. The van der Waals surface area contributed by atoms with Gasteiger partial charge in [0.05, 0.1) is 7.11 Å². The van der Waals surface area contributed by atoms with Gasteiger partial charge in [0.15, 0.2) is 0 Å². The lowest BCUT2D eigenvalue weighted by Gasteiger charge is -2.00. The molecule has 0 unspecified atom stereocenters. The summed E-state index contributed by atoms with van der Waals surface area (Å²) in [6, 6.07) is 12.7. The SMILES string of the molecule is COc1ccc2sc(-c3ccc(F)cc3)c(C)c2c1. The van der Waals surface area contributed by atoms with Crippen LogP contribution in [0.4, 0.5) is 4.39 Å². The van der Waals surface area contributed by atoms with Crippen LogP contribution in [0.1, 0.15) is 5.56 Å². The molecular formula is C16H13FOS. The van der Waals surface area contributed by atoms with Gasteiger partial charge in [-0.05, 0) is 53.8 Å². The van der Waals surface area contributed by atoms with E-state index in [9.17, 15) is 4.39 Å². The molecule has 0 N–H and O–H groups in total. The van der Waals surface area contributed by atoms with Crippen molar-refractivity contribution in [1.82, 2.24) is 0 Å². The van der Waals surface area contributed by atoms with Gasteiger partial charge in [-0.3, -0.25) is 0 Å². The molecule has 0 saturated carbocycles. The standard InChI is InChI=1S/C16H13FOS/c1-10-14-9-13(18-2)7-8-15(14)19-16(10)11-3-5-12(17)6-4-11/h3-9H,1-2H3. The van der Waals surface area contributed by atoms with Crippen molar-refractivity contribution < 1.29 is 9.13 Å². The monoisotopic (exact) mass is 272 g/mol. The minimum Gasteiger partial charge on any atom is -0.497 e.